The SMILES string of the molecule is CC(OC(=O)c1ccccc1)C(=O)Oc1ccccc1. The molecule has 0 spiro atoms. The number of esters is 2. The molecule has 2 aromatic rings. The van der Waals surface area contributed by atoms with E-state index in [4.69, 9.17) is 9.47 Å². The van der Waals surface area contributed by atoms with Gasteiger partial charge in [0.05, 0.1) is 5.56 Å². The summed E-state index contributed by atoms with van der Waals surface area (Å²) in [4.78, 5) is 23.6. The van der Waals surface area contributed by atoms with Crippen LogP contribution in [-0.2, 0) is 9.53 Å². The predicted octanol–water partition coefficient (Wildman–Crippen LogP) is 2.84. The van der Waals surface area contributed by atoms with Gasteiger partial charge in [0.15, 0.2) is 6.10 Å². The summed E-state index contributed by atoms with van der Waals surface area (Å²) in [5.74, 6) is -0.747. The zero-order valence-electron chi connectivity index (χ0n) is 11.0. The van der Waals surface area contributed by atoms with E-state index in [1.165, 1.54) is 6.92 Å². The van der Waals surface area contributed by atoms with Crippen molar-refractivity contribution in [2.45, 2.75) is 13.0 Å². The molecule has 1 unspecified atom stereocenters. The van der Waals surface area contributed by atoms with Crippen LogP contribution < -0.4 is 4.74 Å². The second-order valence-corrected chi connectivity index (χ2v) is 4.15. The standard InChI is InChI=1S/C16H14O4/c1-12(15(17)20-14-10-6-3-7-11-14)19-16(18)13-8-4-2-5-9-13/h2-12H,1H3. The fourth-order valence-corrected chi connectivity index (χ4v) is 1.54. The lowest BCUT2D eigenvalue weighted by atomic mass is 10.2. The molecule has 0 aliphatic heterocycles. The molecule has 0 bridgehead atoms. The lowest BCUT2D eigenvalue weighted by Gasteiger charge is -2.12. The molecule has 2 rings (SSSR count). The van der Waals surface area contributed by atoms with Crippen LogP contribution in [-0.4, -0.2) is 18.0 Å². The summed E-state index contributed by atoms with van der Waals surface area (Å²) in [6.45, 7) is 1.48. The van der Waals surface area contributed by atoms with Gasteiger partial charge in [-0.15, -0.1) is 0 Å². The van der Waals surface area contributed by atoms with E-state index in [0.717, 1.165) is 0 Å². The smallest absolute Gasteiger partial charge is 0.352 e. The van der Waals surface area contributed by atoms with Gasteiger partial charge in [-0.25, -0.2) is 9.59 Å². The fraction of sp³-hybridized carbons (Fsp3) is 0.125. The summed E-state index contributed by atoms with van der Waals surface area (Å²) in [5, 5.41) is 0. The first kappa shape index (κ1) is 13.8. The summed E-state index contributed by atoms with van der Waals surface area (Å²) < 4.78 is 10.2. The van der Waals surface area contributed by atoms with Crippen LogP contribution in [0.4, 0.5) is 0 Å². The molecule has 1 atom stereocenters. The summed E-state index contributed by atoms with van der Waals surface area (Å²) in [7, 11) is 0. The van der Waals surface area contributed by atoms with Gasteiger partial charge in [0.25, 0.3) is 0 Å². The molecule has 20 heavy (non-hydrogen) atoms. The zero-order chi connectivity index (χ0) is 14.4. The van der Waals surface area contributed by atoms with Crippen molar-refractivity contribution in [3.05, 3.63) is 66.2 Å². The Kier molecular flexibility index (Phi) is 4.50. The van der Waals surface area contributed by atoms with E-state index in [1.54, 1.807) is 54.6 Å². The molecule has 0 saturated carbocycles. The first-order valence-electron chi connectivity index (χ1n) is 6.19. The summed E-state index contributed by atoms with van der Waals surface area (Å²) >= 11 is 0. The van der Waals surface area contributed by atoms with Gasteiger partial charge < -0.3 is 9.47 Å². The van der Waals surface area contributed by atoms with Gasteiger partial charge in [0, 0.05) is 0 Å². The number of benzene rings is 2. The Morgan fingerprint density at radius 3 is 2.05 bits per heavy atom. The highest BCUT2D eigenvalue weighted by atomic mass is 16.6. The Balaban J connectivity index is 1.93. The minimum absolute atomic E-state index is 0.395. The number of rotatable bonds is 4. The van der Waals surface area contributed by atoms with Crippen molar-refractivity contribution in [1.82, 2.24) is 0 Å². The van der Waals surface area contributed by atoms with Crippen molar-refractivity contribution in [1.29, 1.82) is 0 Å². The Morgan fingerprint density at radius 2 is 1.45 bits per heavy atom. The second kappa shape index (κ2) is 6.52. The molecular weight excluding hydrogens is 256 g/mol. The van der Waals surface area contributed by atoms with Gasteiger partial charge in [0.2, 0.25) is 0 Å². The third kappa shape index (κ3) is 3.68. The third-order valence-electron chi connectivity index (χ3n) is 2.59. The molecule has 0 N–H and O–H groups in total. The number of para-hydroxylation sites is 1. The highest BCUT2D eigenvalue weighted by Gasteiger charge is 2.20. The van der Waals surface area contributed by atoms with E-state index in [0.29, 0.717) is 11.3 Å². The maximum atomic E-state index is 11.8. The van der Waals surface area contributed by atoms with Gasteiger partial charge in [-0.2, -0.15) is 0 Å². The van der Waals surface area contributed by atoms with E-state index >= 15 is 0 Å². The van der Waals surface area contributed by atoms with Crippen LogP contribution in [0.25, 0.3) is 0 Å². The number of carbonyl (C=O) groups is 2. The van der Waals surface area contributed by atoms with Crippen molar-refractivity contribution in [2.75, 3.05) is 0 Å². The Bertz CT molecular complexity index is 578. The van der Waals surface area contributed by atoms with Crippen LogP contribution in [0.5, 0.6) is 5.75 Å². The van der Waals surface area contributed by atoms with Crippen LogP contribution >= 0.6 is 0 Å². The Labute approximate surface area is 116 Å². The molecule has 0 aromatic heterocycles. The maximum absolute atomic E-state index is 11.8. The molecule has 2 aromatic carbocycles. The van der Waals surface area contributed by atoms with Crippen molar-refractivity contribution < 1.29 is 19.1 Å². The Hall–Kier alpha value is -2.62. The van der Waals surface area contributed by atoms with Gasteiger partial charge in [-0.3, -0.25) is 0 Å². The van der Waals surface area contributed by atoms with E-state index in [-0.39, 0.29) is 0 Å². The van der Waals surface area contributed by atoms with Gasteiger partial charge in [-0.05, 0) is 31.2 Å². The molecule has 0 aliphatic carbocycles. The largest absolute Gasteiger partial charge is 0.447 e. The number of hydrogen-bond donors (Lipinski definition) is 0. The lowest BCUT2D eigenvalue weighted by molar-refractivity contribution is -0.143. The number of hydrogen-bond acceptors (Lipinski definition) is 4. The van der Waals surface area contributed by atoms with E-state index < -0.39 is 18.0 Å². The average molecular weight is 270 g/mol. The minimum Gasteiger partial charge on any atom is -0.447 e. The molecule has 4 heteroatoms. The number of carbonyl (C=O) groups excluding carboxylic acids is 2. The van der Waals surface area contributed by atoms with Gasteiger partial charge >= 0.3 is 11.9 Å². The maximum Gasteiger partial charge on any atom is 0.352 e. The second-order valence-electron chi connectivity index (χ2n) is 4.15. The predicted molar refractivity (Wildman–Crippen MR) is 73.4 cm³/mol. The fourth-order valence-electron chi connectivity index (χ4n) is 1.54. The molecular formula is C16H14O4. The van der Waals surface area contributed by atoms with Crippen LogP contribution in [0.15, 0.2) is 60.7 Å². The normalized spacial score (nSPS) is 11.4. The van der Waals surface area contributed by atoms with Crippen LogP contribution in [0.1, 0.15) is 17.3 Å². The van der Waals surface area contributed by atoms with E-state index in [9.17, 15) is 9.59 Å². The molecule has 0 aliphatic rings. The molecule has 0 fully saturated rings. The Morgan fingerprint density at radius 1 is 0.900 bits per heavy atom. The molecule has 0 amide bonds. The summed E-state index contributed by atoms with van der Waals surface area (Å²) in [6.07, 6.45) is -0.970. The van der Waals surface area contributed by atoms with Crippen molar-refractivity contribution >= 4 is 11.9 Å². The molecule has 0 radical (unpaired) electrons. The molecule has 4 nitrogen and oxygen atoms in total. The first-order valence-corrected chi connectivity index (χ1v) is 6.19. The van der Waals surface area contributed by atoms with Crippen molar-refractivity contribution in [2.24, 2.45) is 0 Å². The summed E-state index contributed by atoms with van der Waals surface area (Å²) in [6, 6.07) is 17.1. The van der Waals surface area contributed by atoms with Crippen LogP contribution in [0.3, 0.4) is 0 Å². The van der Waals surface area contributed by atoms with Gasteiger partial charge in [0.1, 0.15) is 5.75 Å². The third-order valence-corrected chi connectivity index (χ3v) is 2.59. The lowest BCUT2D eigenvalue weighted by Crippen LogP contribution is -2.28. The quantitative estimate of drug-likeness (QED) is 0.633. The summed E-state index contributed by atoms with van der Waals surface area (Å²) in [5.41, 5.74) is 0.395. The topological polar surface area (TPSA) is 52.6 Å². The highest BCUT2D eigenvalue weighted by Crippen LogP contribution is 2.11. The molecule has 102 valence electrons. The zero-order valence-corrected chi connectivity index (χ0v) is 11.0. The van der Waals surface area contributed by atoms with E-state index in [2.05, 4.69) is 0 Å². The minimum atomic E-state index is -0.970. The first-order chi connectivity index (χ1) is 9.66. The van der Waals surface area contributed by atoms with Crippen molar-refractivity contribution in [3.63, 3.8) is 0 Å². The van der Waals surface area contributed by atoms with Crippen molar-refractivity contribution in [3.8, 4) is 5.75 Å². The highest BCUT2D eigenvalue weighted by molar-refractivity contribution is 5.91. The van der Waals surface area contributed by atoms with Crippen LogP contribution in [0, 0.1) is 0 Å². The molecule has 0 saturated heterocycles. The molecule has 0 heterocycles. The average Bonchev–Trinajstić information content (AvgIpc) is 2.49. The number of ether oxygens (including phenoxy) is 2. The van der Waals surface area contributed by atoms with Gasteiger partial charge in [-0.1, -0.05) is 36.4 Å². The van der Waals surface area contributed by atoms with Crippen LogP contribution in [0.2, 0.25) is 0 Å². The van der Waals surface area contributed by atoms with E-state index in [1.807, 2.05) is 6.07 Å². The monoisotopic (exact) mass is 270 g/mol.